The third-order valence-electron chi connectivity index (χ3n) is 5.28. The van der Waals surface area contributed by atoms with Crippen LogP contribution in [-0.4, -0.2) is 44.8 Å². The molecule has 2 aliphatic rings. The minimum atomic E-state index is -0.104. The normalized spacial score (nSPS) is 15.1. The van der Waals surface area contributed by atoms with E-state index in [1.807, 2.05) is 24.3 Å². The average Bonchev–Trinajstić information content (AvgIpc) is 3.24. The number of allylic oxidation sites excluding steroid dienone is 1. The number of hydrogen-bond donors (Lipinski definition) is 0. The third kappa shape index (κ3) is 3.78. The van der Waals surface area contributed by atoms with Crippen molar-refractivity contribution < 1.29 is 23.7 Å². The number of carbonyl (C=O) groups excluding carboxylic acids is 1. The van der Waals surface area contributed by atoms with Crippen molar-refractivity contribution >= 4 is 11.9 Å². The fraction of sp³-hybridized carbons (Fsp3) is 0.292. The lowest BCUT2D eigenvalue weighted by Gasteiger charge is -2.28. The smallest absolute Gasteiger partial charge is 0.231 e. The lowest BCUT2D eigenvalue weighted by atomic mass is 9.90. The first-order valence-electron chi connectivity index (χ1n) is 9.88. The Bertz CT molecular complexity index is 994. The van der Waals surface area contributed by atoms with Crippen molar-refractivity contribution in [1.29, 1.82) is 0 Å². The van der Waals surface area contributed by atoms with E-state index < -0.39 is 0 Å². The molecule has 0 bridgehead atoms. The highest BCUT2D eigenvalue weighted by atomic mass is 16.7. The van der Waals surface area contributed by atoms with Crippen molar-refractivity contribution in [3.63, 3.8) is 0 Å². The summed E-state index contributed by atoms with van der Waals surface area (Å²) in [6, 6.07) is 7.55. The molecule has 0 radical (unpaired) electrons. The van der Waals surface area contributed by atoms with Crippen LogP contribution in [0.3, 0.4) is 0 Å². The number of hydrogen-bond acceptors (Lipinski definition) is 6. The highest BCUT2D eigenvalue weighted by Gasteiger charge is 2.34. The van der Waals surface area contributed by atoms with Crippen LogP contribution in [0.1, 0.15) is 27.0 Å². The standard InChI is InChI=1S/C24H25NO5/c1-4-13-28-17-8-5-16(6-9-17)7-10-20(26)21-18-11-12-25(2)14-19(18)22(27-3)24-23(21)29-15-30-24/h4-10H,1,11-15H2,2-3H3. The Labute approximate surface area is 176 Å². The minimum Gasteiger partial charge on any atom is -0.492 e. The van der Waals surface area contributed by atoms with E-state index in [0.29, 0.717) is 36.0 Å². The molecule has 0 unspecified atom stereocenters. The number of ether oxygens (including phenoxy) is 4. The van der Waals surface area contributed by atoms with Crippen LogP contribution in [0.15, 0.2) is 43.0 Å². The van der Waals surface area contributed by atoms with Crippen molar-refractivity contribution in [2.75, 3.05) is 34.1 Å². The maximum Gasteiger partial charge on any atom is 0.231 e. The van der Waals surface area contributed by atoms with Gasteiger partial charge in [-0.3, -0.25) is 4.79 Å². The van der Waals surface area contributed by atoms with Gasteiger partial charge < -0.3 is 23.8 Å². The van der Waals surface area contributed by atoms with E-state index in [9.17, 15) is 4.79 Å². The second kappa shape index (κ2) is 8.63. The van der Waals surface area contributed by atoms with Gasteiger partial charge in [-0.1, -0.05) is 30.9 Å². The molecular formula is C24H25NO5. The number of likely N-dealkylation sites (N-methyl/N-ethyl adjacent to an activating group) is 1. The molecule has 4 rings (SSSR count). The summed E-state index contributed by atoms with van der Waals surface area (Å²) < 4.78 is 22.5. The first-order chi connectivity index (χ1) is 14.6. The summed E-state index contributed by atoms with van der Waals surface area (Å²) in [7, 11) is 3.67. The molecule has 0 saturated carbocycles. The molecular weight excluding hydrogens is 382 g/mol. The van der Waals surface area contributed by atoms with Crippen LogP contribution in [0, 0.1) is 0 Å². The summed E-state index contributed by atoms with van der Waals surface area (Å²) >= 11 is 0. The van der Waals surface area contributed by atoms with Gasteiger partial charge in [-0.15, -0.1) is 0 Å². The average molecular weight is 407 g/mol. The fourth-order valence-corrected chi connectivity index (χ4v) is 3.85. The summed E-state index contributed by atoms with van der Waals surface area (Å²) in [4.78, 5) is 15.4. The Morgan fingerprint density at radius 1 is 1.20 bits per heavy atom. The predicted octanol–water partition coefficient (Wildman–Crippen LogP) is 3.87. The molecule has 2 aliphatic heterocycles. The molecule has 2 aromatic carbocycles. The Hall–Kier alpha value is -3.25. The minimum absolute atomic E-state index is 0.0839. The predicted molar refractivity (Wildman–Crippen MR) is 115 cm³/mol. The number of fused-ring (bicyclic) bond motifs is 2. The zero-order chi connectivity index (χ0) is 21.1. The highest BCUT2D eigenvalue weighted by molar-refractivity contribution is 6.11. The van der Waals surface area contributed by atoms with Crippen molar-refractivity contribution in [3.05, 3.63) is 65.3 Å². The van der Waals surface area contributed by atoms with Gasteiger partial charge in [-0.25, -0.2) is 0 Å². The third-order valence-corrected chi connectivity index (χ3v) is 5.28. The molecule has 0 fully saturated rings. The topological polar surface area (TPSA) is 57.2 Å². The van der Waals surface area contributed by atoms with E-state index in [1.165, 1.54) is 0 Å². The lowest BCUT2D eigenvalue weighted by Crippen LogP contribution is -2.28. The first kappa shape index (κ1) is 20.0. The summed E-state index contributed by atoms with van der Waals surface area (Å²) in [5.41, 5.74) is 3.46. The van der Waals surface area contributed by atoms with Crippen LogP contribution in [0.25, 0.3) is 6.08 Å². The Kier molecular flexibility index (Phi) is 5.77. The SMILES string of the molecule is C=CCOc1ccc(C=CC(=O)c2c3c(c(OC)c4c2OCO4)CN(C)CC3)cc1. The van der Waals surface area contributed by atoms with Gasteiger partial charge in [0.1, 0.15) is 12.4 Å². The Balaban J connectivity index is 1.66. The quantitative estimate of drug-likeness (QED) is 0.395. The van der Waals surface area contributed by atoms with Gasteiger partial charge in [-0.05, 0) is 42.8 Å². The highest BCUT2D eigenvalue weighted by Crippen LogP contribution is 2.49. The van der Waals surface area contributed by atoms with Crippen LogP contribution in [0.5, 0.6) is 23.0 Å². The number of benzene rings is 2. The van der Waals surface area contributed by atoms with Crippen LogP contribution >= 0.6 is 0 Å². The number of rotatable bonds is 7. The molecule has 0 atom stereocenters. The van der Waals surface area contributed by atoms with E-state index in [0.717, 1.165) is 35.4 Å². The van der Waals surface area contributed by atoms with Crippen molar-refractivity contribution in [3.8, 4) is 23.0 Å². The van der Waals surface area contributed by atoms with Gasteiger partial charge >= 0.3 is 0 Å². The van der Waals surface area contributed by atoms with Crippen LogP contribution in [0.4, 0.5) is 0 Å². The van der Waals surface area contributed by atoms with E-state index in [-0.39, 0.29) is 12.6 Å². The van der Waals surface area contributed by atoms with Gasteiger partial charge in [0.2, 0.25) is 12.5 Å². The Morgan fingerprint density at radius 2 is 1.97 bits per heavy atom. The second-order valence-corrected chi connectivity index (χ2v) is 7.28. The maximum atomic E-state index is 13.2. The maximum absolute atomic E-state index is 13.2. The monoisotopic (exact) mass is 407 g/mol. The molecule has 0 aromatic heterocycles. The summed E-state index contributed by atoms with van der Waals surface area (Å²) in [5, 5.41) is 0. The molecule has 0 aliphatic carbocycles. The first-order valence-corrected chi connectivity index (χ1v) is 9.88. The molecule has 6 heteroatoms. The zero-order valence-electron chi connectivity index (χ0n) is 17.3. The number of nitrogens with zero attached hydrogens (tertiary/aromatic N) is 1. The van der Waals surface area contributed by atoms with Gasteiger partial charge in [0.25, 0.3) is 0 Å². The molecule has 0 spiro atoms. The van der Waals surface area contributed by atoms with Gasteiger partial charge in [0, 0.05) is 18.7 Å². The Morgan fingerprint density at radius 3 is 2.70 bits per heavy atom. The van der Waals surface area contributed by atoms with E-state index in [1.54, 1.807) is 25.3 Å². The van der Waals surface area contributed by atoms with Gasteiger partial charge in [-0.2, -0.15) is 0 Å². The molecule has 0 N–H and O–H groups in total. The molecule has 30 heavy (non-hydrogen) atoms. The molecule has 6 nitrogen and oxygen atoms in total. The molecule has 0 saturated heterocycles. The van der Waals surface area contributed by atoms with Crippen LogP contribution in [-0.2, 0) is 13.0 Å². The molecule has 0 amide bonds. The lowest BCUT2D eigenvalue weighted by molar-refractivity contribution is 0.104. The van der Waals surface area contributed by atoms with E-state index in [4.69, 9.17) is 18.9 Å². The molecule has 2 aromatic rings. The van der Waals surface area contributed by atoms with Crippen molar-refractivity contribution in [2.24, 2.45) is 0 Å². The largest absolute Gasteiger partial charge is 0.492 e. The van der Waals surface area contributed by atoms with Crippen molar-refractivity contribution in [2.45, 2.75) is 13.0 Å². The number of ketones is 1. The molecule has 156 valence electrons. The summed E-state index contributed by atoms with van der Waals surface area (Å²) in [6.45, 7) is 5.75. The van der Waals surface area contributed by atoms with Gasteiger partial charge in [0.15, 0.2) is 17.3 Å². The van der Waals surface area contributed by atoms with Crippen molar-refractivity contribution in [1.82, 2.24) is 4.90 Å². The number of carbonyl (C=O) groups is 1. The summed E-state index contributed by atoms with van der Waals surface area (Å²) in [5.74, 6) is 2.33. The molecule has 2 heterocycles. The fourth-order valence-electron chi connectivity index (χ4n) is 3.85. The van der Waals surface area contributed by atoms with Crippen LogP contribution < -0.4 is 18.9 Å². The van der Waals surface area contributed by atoms with Crippen LogP contribution in [0.2, 0.25) is 0 Å². The summed E-state index contributed by atoms with van der Waals surface area (Å²) in [6.07, 6.45) is 5.84. The van der Waals surface area contributed by atoms with E-state index in [2.05, 4.69) is 18.5 Å². The zero-order valence-corrected chi connectivity index (χ0v) is 17.3. The number of methoxy groups -OCH3 is 1. The van der Waals surface area contributed by atoms with E-state index >= 15 is 0 Å². The second-order valence-electron chi connectivity index (χ2n) is 7.28. The van der Waals surface area contributed by atoms with Gasteiger partial charge in [0.05, 0.1) is 12.7 Å².